The van der Waals surface area contributed by atoms with E-state index in [-0.39, 0.29) is 11.9 Å². The lowest BCUT2D eigenvalue weighted by molar-refractivity contribution is -0.109. The van der Waals surface area contributed by atoms with Gasteiger partial charge in [0.1, 0.15) is 6.29 Å². The summed E-state index contributed by atoms with van der Waals surface area (Å²) in [7, 11) is 0. The molecule has 0 saturated heterocycles. The van der Waals surface area contributed by atoms with Crippen molar-refractivity contribution in [2.24, 2.45) is 0 Å². The predicted octanol–water partition coefficient (Wildman–Crippen LogP) is 1.39. The number of carbonyl (C=O) groups is 2. The van der Waals surface area contributed by atoms with E-state index < -0.39 is 0 Å². The minimum Gasteiger partial charge on any atom is -0.343 e. The zero-order chi connectivity index (χ0) is 10.4. The standard InChI is InChI=1S/C11H13NO2/c1-2-10(8-13)12-11(14)9-6-4-3-5-7-9/h3-8,10H,2H2,1H3,(H,12,14)/t10-/m0/s1. The molecule has 1 N–H and O–H groups in total. The van der Waals surface area contributed by atoms with Gasteiger partial charge in [-0.15, -0.1) is 0 Å². The van der Waals surface area contributed by atoms with Gasteiger partial charge >= 0.3 is 0 Å². The first-order valence-electron chi connectivity index (χ1n) is 4.59. The van der Waals surface area contributed by atoms with Crippen molar-refractivity contribution in [1.82, 2.24) is 5.32 Å². The second-order valence-corrected chi connectivity index (χ2v) is 2.99. The van der Waals surface area contributed by atoms with Crippen LogP contribution in [0.25, 0.3) is 0 Å². The number of aldehydes is 1. The molecule has 1 aromatic rings. The quantitative estimate of drug-likeness (QED) is 0.731. The van der Waals surface area contributed by atoms with Crippen molar-refractivity contribution in [2.75, 3.05) is 0 Å². The lowest BCUT2D eigenvalue weighted by atomic mass is 10.2. The predicted molar refractivity (Wildman–Crippen MR) is 54.1 cm³/mol. The fourth-order valence-electron chi connectivity index (χ4n) is 1.07. The Morgan fingerprint density at radius 3 is 2.57 bits per heavy atom. The molecule has 1 aromatic carbocycles. The Labute approximate surface area is 83.1 Å². The zero-order valence-electron chi connectivity index (χ0n) is 8.07. The van der Waals surface area contributed by atoms with Crippen LogP contribution in [-0.2, 0) is 4.79 Å². The van der Waals surface area contributed by atoms with Crippen LogP contribution in [0, 0.1) is 0 Å². The number of nitrogens with one attached hydrogen (secondary N) is 1. The average Bonchev–Trinajstić information content (AvgIpc) is 2.26. The van der Waals surface area contributed by atoms with Gasteiger partial charge in [-0.1, -0.05) is 25.1 Å². The van der Waals surface area contributed by atoms with E-state index in [0.717, 1.165) is 6.29 Å². The molecule has 0 aliphatic carbocycles. The van der Waals surface area contributed by atoms with Gasteiger partial charge in [-0.2, -0.15) is 0 Å². The third-order valence-electron chi connectivity index (χ3n) is 1.96. The third-order valence-corrected chi connectivity index (χ3v) is 1.96. The Balaban J connectivity index is 2.63. The average molecular weight is 191 g/mol. The van der Waals surface area contributed by atoms with E-state index in [4.69, 9.17) is 0 Å². The van der Waals surface area contributed by atoms with Crippen LogP contribution in [0.15, 0.2) is 30.3 Å². The molecule has 1 rings (SSSR count). The highest BCUT2D eigenvalue weighted by Gasteiger charge is 2.09. The van der Waals surface area contributed by atoms with Crippen molar-refractivity contribution in [3.63, 3.8) is 0 Å². The monoisotopic (exact) mass is 191 g/mol. The fourth-order valence-corrected chi connectivity index (χ4v) is 1.07. The molecule has 0 bridgehead atoms. The highest BCUT2D eigenvalue weighted by molar-refractivity contribution is 5.95. The van der Waals surface area contributed by atoms with Gasteiger partial charge in [-0.25, -0.2) is 0 Å². The van der Waals surface area contributed by atoms with Crippen LogP contribution in [-0.4, -0.2) is 18.2 Å². The number of carbonyl (C=O) groups excluding carboxylic acids is 2. The molecule has 0 spiro atoms. The van der Waals surface area contributed by atoms with Crippen LogP contribution >= 0.6 is 0 Å². The summed E-state index contributed by atoms with van der Waals surface area (Å²) in [6.45, 7) is 1.85. The smallest absolute Gasteiger partial charge is 0.251 e. The van der Waals surface area contributed by atoms with Gasteiger partial charge in [0.15, 0.2) is 0 Å². The molecule has 0 aliphatic rings. The second kappa shape index (κ2) is 5.17. The van der Waals surface area contributed by atoms with Crippen LogP contribution in [0.3, 0.4) is 0 Å². The van der Waals surface area contributed by atoms with Crippen LogP contribution in [0.2, 0.25) is 0 Å². The van der Waals surface area contributed by atoms with E-state index in [1.807, 2.05) is 13.0 Å². The van der Waals surface area contributed by atoms with Crippen LogP contribution < -0.4 is 5.32 Å². The van der Waals surface area contributed by atoms with Gasteiger partial charge in [0, 0.05) is 5.56 Å². The first-order valence-corrected chi connectivity index (χ1v) is 4.59. The molecule has 0 unspecified atom stereocenters. The fraction of sp³-hybridized carbons (Fsp3) is 0.273. The van der Waals surface area contributed by atoms with Crippen molar-refractivity contribution in [3.8, 4) is 0 Å². The summed E-state index contributed by atoms with van der Waals surface area (Å²) in [6, 6.07) is 8.46. The molecule has 1 atom stereocenters. The van der Waals surface area contributed by atoms with Crippen LogP contribution in [0.1, 0.15) is 23.7 Å². The molecular weight excluding hydrogens is 178 g/mol. The summed E-state index contributed by atoms with van der Waals surface area (Å²) in [5.41, 5.74) is 0.577. The molecule has 14 heavy (non-hydrogen) atoms. The largest absolute Gasteiger partial charge is 0.343 e. The van der Waals surface area contributed by atoms with Gasteiger partial charge in [0.05, 0.1) is 6.04 Å². The van der Waals surface area contributed by atoms with Gasteiger partial charge in [0.2, 0.25) is 0 Å². The number of benzene rings is 1. The normalized spacial score (nSPS) is 11.8. The summed E-state index contributed by atoms with van der Waals surface area (Å²) >= 11 is 0. The Morgan fingerprint density at radius 2 is 2.07 bits per heavy atom. The highest BCUT2D eigenvalue weighted by atomic mass is 16.2. The minimum atomic E-state index is -0.386. The maximum atomic E-state index is 11.5. The van der Waals surface area contributed by atoms with Crippen molar-refractivity contribution >= 4 is 12.2 Å². The van der Waals surface area contributed by atoms with Crippen molar-refractivity contribution in [3.05, 3.63) is 35.9 Å². The zero-order valence-corrected chi connectivity index (χ0v) is 8.07. The second-order valence-electron chi connectivity index (χ2n) is 2.99. The summed E-state index contributed by atoms with van der Waals surface area (Å²) < 4.78 is 0. The Bertz CT molecular complexity index is 308. The molecule has 3 nitrogen and oxygen atoms in total. The highest BCUT2D eigenvalue weighted by Crippen LogP contribution is 1.99. The maximum absolute atomic E-state index is 11.5. The van der Waals surface area contributed by atoms with Gasteiger partial charge < -0.3 is 10.1 Å². The van der Waals surface area contributed by atoms with Crippen molar-refractivity contribution in [2.45, 2.75) is 19.4 Å². The van der Waals surface area contributed by atoms with E-state index in [2.05, 4.69) is 5.32 Å². The maximum Gasteiger partial charge on any atom is 0.251 e. The van der Waals surface area contributed by atoms with Crippen LogP contribution in [0.4, 0.5) is 0 Å². The van der Waals surface area contributed by atoms with Crippen molar-refractivity contribution < 1.29 is 9.59 Å². The number of hydrogen-bond acceptors (Lipinski definition) is 2. The summed E-state index contributed by atoms with van der Waals surface area (Å²) in [5.74, 6) is -0.204. The molecule has 0 aliphatic heterocycles. The summed E-state index contributed by atoms with van der Waals surface area (Å²) in [4.78, 5) is 22.0. The SMILES string of the molecule is CC[C@@H](C=O)NC(=O)c1ccccc1. The molecule has 3 heteroatoms. The third kappa shape index (κ3) is 2.69. The number of rotatable bonds is 4. The molecule has 0 saturated carbocycles. The van der Waals surface area contributed by atoms with E-state index in [1.165, 1.54) is 0 Å². The lowest BCUT2D eigenvalue weighted by Gasteiger charge is -2.09. The Morgan fingerprint density at radius 1 is 1.43 bits per heavy atom. The molecule has 0 aromatic heterocycles. The number of amides is 1. The first-order chi connectivity index (χ1) is 6.77. The summed E-state index contributed by atoms with van der Waals surface area (Å²) in [6.07, 6.45) is 1.36. The first kappa shape index (κ1) is 10.4. The van der Waals surface area contributed by atoms with Gasteiger partial charge in [-0.3, -0.25) is 4.79 Å². The van der Waals surface area contributed by atoms with E-state index in [0.29, 0.717) is 12.0 Å². The van der Waals surface area contributed by atoms with Crippen molar-refractivity contribution in [1.29, 1.82) is 0 Å². The molecule has 0 radical (unpaired) electrons. The van der Waals surface area contributed by atoms with Crippen LogP contribution in [0.5, 0.6) is 0 Å². The molecule has 0 fully saturated rings. The topological polar surface area (TPSA) is 46.2 Å². The molecule has 74 valence electrons. The van der Waals surface area contributed by atoms with E-state index >= 15 is 0 Å². The number of hydrogen-bond donors (Lipinski definition) is 1. The summed E-state index contributed by atoms with van der Waals surface area (Å²) in [5, 5.41) is 2.63. The molecule has 1 amide bonds. The van der Waals surface area contributed by atoms with E-state index in [9.17, 15) is 9.59 Å². The molecular formula is C11H13NO2. The van der Waals surface area contributed by atoms with E-state index in [1.54, 1.807) is 24.3 Å². The lowest BCUT2D eigenvalue weighted by Crippen LogP contribution is -2.35. The van der Waals surface area contributed by atoms with Gasteiger partial charge in [0.25, 0.3) is 5.91 Å². The molecule has 0 heterocycles. The minimum absolute atomic E-state index is 0.204. The van der Waals surface area contributed by atoms with Gasteiger partial charge in [-0.05, 0) is 18.6 Å². The Kier molecular flexibility index (Phi) is 3.85. The Hall–Kier alpha value is -1.64.